The van der Waals surface area contributed by atoms with Gasteiger partial charge >= 0.3 is 5.97 Å². The number of carbonyl (C=O) groups excluding carboxylic acids is 3. The van der Waals surface area contributed by atoms with Crippen LogP contribution in [0.5, 0.6) is 17.2 Å². The number of hydrogen-bond donors (Lipinski definition) is 7. The van der Waals surface area contributed by atoms with E-state index in [1.165, 1.54) is 27.7 Å². The van der Waals surface area contributed by atoms with E-state index < -0.39 is 94.6 Å². The van der Waals surface area contributed by atoms with Crippen molar-refractivity contribution in [1.82, 2.24) is 0 Å². The van der Waals surface area contributed by atoms with Crippen molar-refractivity contribution in [2.45, 2.75) is 90.4 Å². The number of aromatic hydroxyl groups is 3. The molecule has 1 aliphatic carbocycles. The Labute approximate surface area is 230 Å². The summed E-state index contributed by atoms with van der Waals surface area (Å²) in [7, 11) is 0. The van der Waals surface area contributed by atoms with E-state index in [1.54, 1.807) is 13.8 Å². The minimum atomic E-state index is -2.25. The van der Waals surface area contributed by atoms with Gasteiger partial charge in [0.25, 0.3) is 0 Å². The molecule has 224 valence electrons. The zero-order valence-corrected chi connectivity index (χ0v) is 23.2. The maximum Gasteiger partial charge on any atom is 0.338 e. The number of rotatable bonds is 7. The summed E-state index contributed by atoms with van der Waals surface area (Å²) in [5, 5.41) is 71.4. The van der Waals surface area contributed by atoms with Crippen LogP contribution in [0.4, 0.5) is 0 Å². The average molecular weight is 571 g/mol. The quantitative estimate of drug-likeness (QED) is 0.132. The molecular weight excluding hydrogens is 532 g/mol. The van der Waals surface area contributed by atoms with Gasteiger partial charge in [0.2, 0.25) is 0 Å². The van der Waals surface area contributed by atoms with Crippen molar-refractivity contribution in [1.29, 1.82) is 0 Å². The molecule has 1 saturated carbocycles. The highest BCUT2D eigenvalue weighted by molar-refractivity contribution is 6.16. The fourth-order valence-electron chi connectivity index (χ4n) is 5.69. The first-order valence-corrected chi connectivity index (χ1v) is 12.9. The van der Waals surface area contributed by atoms with E-state index in [0.717, 1.165) is 12.1 Å². The average Bonchev–Trinajstić information content (AvgIpc) is 2.86. The minimum absolute atomic E-state index is 0.0955. The number of esters is 1. The number of phenolic OH excluding ortho intramolecular Hbond substituents is 3. The first-order valence-electron chi connectivity index (χ1n) is 12.9. The Balaban J connectivity index is 1.82. The highest BCUT2D eigenvalue weighted by Gasteiger charge is 2.66. The molecule has 13 heteroatoms. The molecule has 1 aromatic rings. The van der Waals surface area contributed by atoms with Crippen molar-refractivity contribution in [3.8, 4) is 17.2 Å². The van der Waals surface area contributed by atoms with E-state index >= 15 is 0 Å². The third-order valence-corrected chi connectivity index (χ3v) is 7.56. The molecule has 1 heterocycles. The summed E-state index contributed by atoms with van der Waals surface area (Å²) < 4.78 is 16.7. The number of phenols is 3. The Morgan fingerprint density at radius 2 is 1.43 bits per heavy atom. The number of aliphatic hydroxyl groups excluding tert-OH is 3. The molecule has 0 aromatic heterocycles. The largest absolute Gasteiger partial charge is 0.504 e. The van der Waals surface area contributed by atoms with Crippen molar-refractivity contribution in [2.75, 3.05) is 6.61 Å². The predicted molar refractivity (Wildman–Crippen MR) is 135 cm³/mol. The summed E-state index contributed by atoms with van der Waals surface area (Å²) in [6.45, 7) is 8.79. The molecule has 2 aliphatic rings. The van der Waals surface area contributed by atoms with Crippen LogP contribution in [-0.2, 0) is 23.8 Å². The lowest BCUT2D eigenvalue weighted by molar-refractivity contribution is -0.327. The summed E-state index contributed by atoms with van der Waals surface area (Å²) in [5.74, 6) is -5.20. The molecule has 2 fully saturated rings. The van der Waals surface area contributed by atoms with Crippen molar-refractivity contribution in [2.24, 2.45) is 16.7 Å². The summed E-state index contributed by atoms with van der Waals surface area (Å²) in [4.78, 5) is 39.3. The van der Waals surface area contributed by atoms with E-state index in [9.17, 15) is 50.1 Å². The fourth-order valence-corrected chi connectivity index (χ4v) is 5.69. The van der Waals surface area contributed by atoms with Crippen molar-refractivity contribution < 1.29 is 64.3 Å². The number of aliphatic hydroxyl groups is 4. The third-order valence-electron chi connectivity index (χ3n) is 7.56. The van der Waals surface area contributed by atoms with Crippen LogP contribution >= 0.6 is 0 Å². The lowest BCUT2D eigenvalue weighted by Crippen LogP contribution is -2.71. The van der Waals surface area contributed by atoms with E-state index in [1.807, 2.05) is 0 Å². The molecule has 5 atom stereocenters. The molecule has 40 heavy (non-hydrogen) atoms. The van der Waals surface area contributed by atoms with Crippen LogP contribution in [0, 0.1) is 16.7 Å². The number of ketones is 2. The SMILES string of the molecule is CC(C)CC1(O)C(=O)C(C)(C)C(O[C@@H]2O[C@H](COC(=O)c3cc(O)c(O)c(O)c3)[C@@H](O)[C@H](O)[C@H]2O)C(C)(C)C1=O. The highest BCUT2D eigenvalue weighted by Crippen LogP contribution is 2.50. The highest BCUT2D eigenvalue weighted by atomic mass is 16.7. The molecule has 1 aromatic carbocycles. The van der Waals surface area contributed by atoms with Gasteiger partial charge in [-0.3, -0.25) is 9.59 Å². The van der Waals surface area contributed by atoms with Gasteiger partial charge in [-0.25, -0.2) is 4.79 Å². The number of ether oxygens (including phenoxy) is 3. The van der Waals surface area contributed by atoms with Crippen LogP contribution in [0.25, 0.3) is 0 Å². The lowest BCUT2D eigenvalue weighted by atomic mass is 9.54. The van der Waals surface area contributed by atoms with Crippen LogP contribution < -0.4 is 0 Å². The maximum atomic E-state index is 13.4. The van der Waals surface area contributed by atoms with Gasteiger partial charge in [0.15, 0.2) is 40.7 Å². The second kappa shape index (κ2) is 10.9. The van der Waals surface area contributed by atoms with Gasteiger partial charge in [-0.1, -0.05) is 41.5 Å². The minimum Gasteiger partial charge on any atom is -0.504 e. The number of benzene rings is 1. The van der Waals surface area contributed by atoms with E-state index in [0.29, 0.717) is 0 Å². The second-order valence-electron chi connectivity index (χ2n) is 12.1. The Bertz CT molecular complexity index is 1110. The molecule has 0 radical (unpaired) electrons. The number of Topliss-reactive ketones (excluding diaryl/α,β-unsaturated/α-hetero) is 2. The van der Waals surface area contributed by atoms with Crippen LogP contribution in [0.1, 0.15) is 58.3 Å². The Kier molecular flexibility index (Phi) is 8.62. The van der Waals surface area contributed by atoms with Gasteiger partial charge in [0, 0.05) is 0 Å². The molecule has 7 N–H and O–H groups in total. The van der Waals surface area contributed by atoms with Crippen LogP contribution in [0.3, 0.4) is 0 Å². The molecule has 1 saturated heterocycles. The zero-order valence-electron chi connectivity index (χ0n) is 23.2. The molecule has 0 unspecified atom stereocenters. The molecule has 0 spiro atoms. The first kappa shape index (κ1) is 31.7. The van der Waals surface area contributed by atoms with Gasteiger partial charge in [0.05, 0.1) is 22.5 Å². The molecule has 13 nitrogen and oxygen atoms in total. The van der Waals surface area contributed by atoms with Crippen LogP contribution in [-0.4, -0.2) is 102 Å². The third kappa shape index (κ3) is 5.41. The molecule has 1 aliphatic heterocycles. The maximum absolute atomic E-state index is 13.4. The van der Waals surface area contributed by atoms with Gasteiger partial charge in [-0.05, 0) is 24.5 Å². The van der Waals surface area contributed by atoms with Gasteiger partial charge in [-0.2, -0.15) is 0 Å². The molecular formula is C27H38O13. The van der Waals surface area contributed by atoms with Crippen LogP contribution in [0.15, 0.2) is 12.1 Å². The van der Waals surface area contributed by atoms with Crippen molar-refractivity contribution in [3.05, 3.63) is 17.7 Å². The Morgan fingerprint density at radius 1 is 0.925 bits per heavy atom. The summed E-state index contributed by atoms with van der Waals surface area (Å²) in [6.07, 6.45) is -9.92. The number of hydrogen-bond acceptors (Lipinski definition) is 13. The van der Waals surface area contributed by atoms with Crippen molar-refractivity contribution >= 4 is 17.5 Å². The molecule has 3 rings (SSSR count). The Hall–Kier alpha value is -2.81. The predicted octanol–water partition coefficient (Wildman–Crippen LogP) is 0.134. The topological polar surface area (TPSA) is 221 Å². The van der Waals surface area contributed by atoms with E-state index in [4.69, 9.17) is 14.2 Å². The van der Waals surface area contributed by atoms with E-state index in [2.05, 4.69) is 0 Å². The summed E-state index contributed by atoms with van der Waals surface area (Å²) in [5.41, 5.74) is -5.52. The van der Waals surface area contributed by atoms with Gasteiger partial charge in [-0.15, -0.1) is 0 Å². The second-order valence-corrected chi connectivity index (χ2v) is 12.1. The molecule has 0 bridgehead atoms. The number of carbonyl (C=O) groups is 3. The lowest BCUT2D eigenvalue weighted by Gasteiger charge is -2.53. The summed E-state index contributed by atoms with van der Waals surface area (Å²) >= 11 is 0. The molecule has 0 amide bonds. The monoisotopic (exact) mass is 570 g/mol. The van der Waals surface area contributed by atoms with E-state index in [-0.39, 0.29) is 17.9 Å². The zero-order chi connectivity index (χ0) is 30.5. The standard InChI is InChI=1S/C27H38O13/c1-11(2)9-27(37)22(35)25(3,4)24(26(5,6)23(27)36)40-21-19(33)18(32)17(31)15(39-21)10-38-20(34)12-7-13(28)16(30)14(29)8-12/h7-8,11,15,17-19,21,24,28-33,37H,9-10H2,1-6H3/t15-,17-,18+,19-,21+,24?,27?/m1/s1. The normalized spacial score (nSPS) is 33.7. The first-order chi connectivity index (χ1) is 18.3. The summed E-state index contributed by atoms with van der Waals surface area (Å²) in [6, 6.07) is 1.67. The fraction of sp³-hybridized carbons (Fsp3) is 0.667. The van der Waals surface area contributed by atoms with Gasteiger partial charge in [0.1, 0.15) is 31.0 Å². The van der Waals surface area contributed by atoms with Gasteiger partial charge < -0.3 is 50.0 Å². The Morgan fingerprint density at radius 3 is 1.90 bits per heavy atom. The van der Waals surface area contributed by atoms with Crippen molar-refractivity contribution in [3.63, 3.8) is 0 Å². The van der Waals surface area contributed by atoms with Crippen LogP contribution in [0.2, 0.25) is 0 Å². The smallest absolute Gasteiger partial charge is 0.338 e.